The first-order chi connectivity index (χ1) is 11.8. The number of methoxy groups -OCH3 is 2. The Morgan fingerprint density at radius 3 is 1.64 bits per heavy atom. The van der Waals surface area contributed by atoms with Crippen LogP contribution in [0.3, 0.4) is 0 Å². The van der Waals surface area contributed by atoms with Gasteiger partial charge in [0.1, 0.15) is 11.5 Å². The Morgan fingerprint density at radius 2 is 1.16 bits per heavy atom. The molecule has 3 aromatic carbocycles. The van der Waals surface area contributed by atoms with E-state index in [0.717, 1.165) is 22.6 Å². The van der Waals surface area contributed by atoms with Crippen molar-refractivity contribution >= 4 is 0 Å². The molecule has 3 nitrogen and oxygen atoms in total. The van der Waals surface area contributed by atoms with Crippen LogP contribution in [0.25, 0.3) is 22.3 Å². The van der Waals surface area contributed by atoms with E-state index in [1.165, 1.54) is 11.1 Å². The topological polar surface area (TPSA) is 27.7 Å². The van der Waals surface area contributed by atoms with Gasteiger partial charge in [0.2, 0.25) is 0 Å². The smallest absolute Gasteiger partial charge is 0.188 e. The predicted molar refractivity (Wildman–Crippen MR) is 96.4 cm³/mol. The van der Waals surface area contributed by atoms with Crippen LogP contribution in [-0.2, 0) is 25.8 Å². The fourth-order valence-electron chi connectivity index (χ4n) is 2.53. The second-order valence-corrected chi connectivity index (χ2v) is 5.38. The molecule has 128 valence electrons. The molecule has 0 aliphatic rings. The molecule has 0 saturated heterocycles. The van der Waals surface area contributed by atoms with Crippen LogP contribution < -0.4 is 9.47 Å². The number of hydrogen-bond acceptors (Lipinski definition) is 3. The van der Waals surface area contributed by atoms with E-state index in [4.69, 9.17) is 14.2 Å². The standard InChI is InChI=1S/C21H20O3.W/c1-22-15-24-21-12-8-17(9-13-21)19-5-3-4-18(14-19)16-6-10-20(23-2)11-7-16;/h3-14H,15H2,1-2H3;. The van der Waals surface area contributed by atoms with Crippen LogP contribution in [0.1, 0.15) is 0 Å². The average Bonchev–Trinajstić information content (AvgIpc) is 2.67. The largest absolute Gasteiger partial charge is 0.497 e. The van der Waals surface area contributed by atoms with Crippen molar-refractivity contribution in [1.29, 1.82) is 0 Å². The molecule has 0 aliphatic heterocycles. The summed E-state index contributed by atoms with van der Waals surface area (Å²) in [6.45, 7) is 0.256. The molecule has 0 N–H and O–H groups in total. The van der Waals surface area contributed by atoms with Crippen molar-refractivity contribution in [2.45, 2.75) is 0 Å². The Morgan fingerprint density at radius 1 is 0.640 bits per heavy atom. The summed E-state index contributed by atoms with van der Waals surface area (Å²) in [5.74, 6) is 1.66. The van der Waals surface area contributed by atoms with Gasteiger partial charge in [-0.2, -0.15) is 0 Å². The van der Waals surface area contributed by atoms with Gasteiger partial charge in [-0.15, -0.1) is 0 Å². The van der Waals surface area contributed by atoms with E-state index in [-0.39, 0.29) is 27.9 Å². The van der Waals surface area contributed by atoms with E-state index in [1.807, 2.05) is 24.3 Å². The van der Waals surface area contributed by atoms with Gasteiger partial charge in [0.25, 0.3) is 0 Å². The van der Waals surface area contributed by atoms with Crippen molar-refractivity contribution in [2.75, 3.05) is 21.0 Å². The molecule has 0 radical (unpaired) electrons. The van der Waals surface area contributed by atoms with Crippen molar-refractivity contribution < 1.29 is 35.3 Å². The van der Waals surface area contributed by atoms with Crippen LogP contribution in [0.4, 0.5) is 0 Å². The number of benzene rings is 3. The van der Waals surface area contributed by atoms with Crippen LogP contribution in [0.5, 0.6) is 11.5 Å². The third-order valence-electron chi connectivity index (χ3n) is 3.82. The fourth-order valence-corrected chi connectivity index (χ4v) is 2.53. The maximum Gasteiger partial charge on any atom is 0.188 e. The minimum Gasteiger partial charge on any atom is -0.497 e. The maximum atomic E-state index is 5.43. The zero-order chi connectivity index (χ0) is 16.8. The van der Waals surface area contributed by atoms with Gasteiger partial charge >= 0.3 is 0 Å². The Kier molecular flexibility index (Phi) is 7.24. The van der Waals surface area contributed by atoms with Crippen LogP contribution in [0.15, 0.2) is 72.8 Å². The second kappa shape index (κ2) is 9.41. The Balaban J connectivity index is 0.00000225. The normalized spacial score (nSPS) is 10.0. The molecule has 0 spiro atoms. The minimum absolute atomic E-state index is 0. The minimum atomic E-state index is 0. The third-order valence-corrected chi connectivity index (χ3v) is 3.82. The van der Waals surface area contributed by atoms with E-state index >= 15 is 0 Å². The molecule has 3 aromatic rings. The van der Waals surface area contributed by atoms with Gasteiger partial charge in [-0.05, 0) is 52.6 Å². The number of rotatable bonds is 6. The molecule has 0 fully saturated rings. The molecule has 0 saturated carbocycles. The second-order valence-electron chi connectivity index (χ2n) is 5.38. The quantitative estimate of drug-likeness (QED) is 0.442. The average molecular weight is 504 g/mol. The van der Waals surface area contributed by atoms with E-state index < -0.39 is 0 Å². The summed E-state index contributed by atoms with van der Waals surface area (Å²) in [4.78, 5) is 0. The van der Waals surface area contributed by atoms with Crippen LogP contribution in [0.2, 0.25) is 0 Å². The molecule has 25 heavy (non-hydrogen) atoms. The van der Waals surface area contributed by atoms with Crippen LogP contribution in [-0.4, -0.2) is 21.0 Å². The molecule has 0 bridgehead atoms. The zero-order valence-corrected chi connectivity index (χ0v) is 17.2. The molecule has 4 heteroatoms. The van der Waals surface area contributed by atoms with Crippen molar-refractivity contribution in [3.8, 4) is 33.8 Å². The molecular formula is C21H20O3W. The van der Waals surface area contributed by atoms with Gasteiger partial charge in [-0.3, -0.25) is 0 Å². The van der Waals surface area contributed by atoms with E-state index in [9.17, 15) is 0 Å². The number of hydrogen-bond donors (Lipinski definition) is 0. The van der Waals surface area contributed by atoms with Gasteiger partial charge in [0.05, 0.1) is 7.11 Å². The van der Waals surface area contributed by atoms with Gasteiger partial charge in [0.15, 0.2) is 6.79 Å². The molecule has 0 aromatic heterocycles. The Labute approximate surface area is 162 Å². The summed E-state index contributed by atoms with van der Waals surface area (Å²) < 4.78 is 15.6. The summed E-state index contributed by atoms with van der Waals surface area (Å²) >= 11 is 0. The maximum absolute atomic E-state index is 5.43. The summed E-state index contributed by atoms with van der Waals surface area (Å²) in [5, 5.41) is 0. The zero-order valence-electron chi connectivity index (χ0n) is 14.3. The number of ether oxygens (including phenoxy) is 3. The third kappa shape index (κ3) is 4.94. The van der Waals surface area contributed by atoms with Crippen LogP contribution in [0, 0.1) is 0 Å². The Bertz CT molecular complexity index is 783. The molecule has 0 aliphatic carbocycles. The molecule has 0 amide bonds. The summed E-state index contributed by atoms with van der Waals surface area (Å²) in [6, 6.07) is 24.6. The van der Waals surface area contributed by atoms with Gasteiger partial charge in [0, 0.05) is 28.2 Å². The summed E-state index contributed by atoms with van der Waals surface area (Å²) in [6.07, 6.45) is 0. The van der Waals surface area contributed by atoms with Crippen molar-refractivity contribution in [2.24, 2.45) is 0 Å². The van der Waals surface area contributed by atoms with Gasteiger partial charge < -0.3 is 14.2 Å². The molecule has 0 atom stereocenters. The summed E-state index contributed by atoms with van der Waals surface area (Å²) in [5.41, 5.74) is 4.66. The summed E-state index contributed by atoms with van der Waals surface area (Å²) in [7, 11) is 3.29. The molecular weight excluding hydrogens is 484 g/mol. The van der Waals surface area contributed by atoms with Crippen molar-refractivity contribution in [3.63, 3.8) is 0 Å². The molecule has 3 rings (SSSR count). The first-order valence-corrected chi connectivity index (χ1v) is 7.77. The first-order valence-electron chi connectivity index (χ1n) is 7.77. The Hall–Kier alpha value is -2.09. The van der Waals surface area contributed by atoms with Crippen molar-refractivity contribution in [1.82, 2.24) is 0 Å². The predicted octanol–water partition coefficient (Wildman–Crippen LogP) is 5.01. The monoisotopic (exact) mass is 504 g/mol. The molecule has 0 unspecified atom stereocenters. The van der Waals surface area contributed by atoms with E-state index in [1.54, 1.807) is 14.2 Å². The molecule has 0 heterocycles. The van der Waals surface area contributed by atoms with Gasteiger partial charge in [-0.1, -0.05) is 42.5 Å². The fraction of sp³-hybridized carbons (Fsp3) is 0.143. The van der Waals surface area contributed by atoms with Gasteiger partial charge in [-0.25, -0.2) is 0 Å². The van der Waals surface area contributed by atoms with E-state index in [2.05, 4.69) is 48.5 Å². The van der Waals surface area contributed by atoms with Crippen LogP contribution >= 0.6 is 0 Å². The van der Waals surface area contributed by atoms with Crippen molar-refractivity contribution in [3.05, 3.63) is 72.8 Å². The first kappa shape index (κ1) is 19.2. The SMILES string of the molecule is COCOc1ccc(-c2cccc(-c3ccc(OC)cc3)c2)cc1.[W]. The van der Waals surface area contributed by atoms with E-state index in [0.29, 0.717) is 0 Å².